The molecule has 148 valence electrons. The van der Waals surface area contributed by atoms with Crippen LogP contribution in [-0.2, 0) is 9.59 Å². The highest BCUT2D eigenvalue weighted by Gasteiger charge is 2.10. The second-order valence-electron chi connectivity index (χ2n) is 5.84. The molecule has 0 aliphatic heterocycles. The van der Waals surface area contributed by atoms with Crippen LogP contribution in [0.1, 0.15) is 24.1 Å². The number of ether oxygens (including phenoxy) is 2. The Labute approximate surface area is 160 Å². The number of nitrogens with two attached hydrogens (primary N) is 1. The fourth-order valence-electron chi connectivity index (χ4n) is 2.31. The van der Waals surface area contributed by atoms with Crippen molar-refractivity contribution in [3.63, 3.8) is 0 Å². The van der Waals surface area contributed by atoms with Gasteiger partial charge in [0.25, 0.3) is 5.91 Å². The third kappa shape index (κ3) is 7.06. The highest BCUT2D eigenvalue weighted by atomic mass is 19.3. The van der Waals surface area contributed by atoms with Crippen LogP contribution in [0.3, 0.4) is 0 Å². The van der Waals surface area contributed by atoms with Gasteiger partial charge in [0.15, 0.2) is 6.61 Å². The largest absolute Gasteiger partial charge is 0.484 e. The van der Waals surface area contributed by atoms with E-state index in [-0.39, 0.29) is 18.3 Å². The third-order valence-corrected chi connectivity index (χ3v) is 3.63. The average molecular weight is 390 g/mol. The van der Waals surface area contributed by atoms with E-state index >= 15 is 0 Å². The molecule has 0 aliphatic rings. The van der Waals surface area contributed by atoms with Crippen LogP contribution in [0.4, 0.5) is 8.78 Å². The molecular formula is C20H20F2N2O4. The predicted octanol–water partition coefficient (Wildman–Crippen LogP) is 3.04. The number of nitrogens with one attached hydrogen (secondary N) is 1. The van der Waals surface area contributed by atoms with E-state index in [0.29, 0.717) is 11.3 Å². The number of carbonyl (C=O) groups is 2. The fraction of sp³-hybridized carbons (Fsp3) is 0.200. The molecule has 0 spiro atoms. The van der Waals surface area contributed by atoms with Crippen molar-refractivity contribution >= 4 is 17.9 Å². The molecule has 0 heterocycles. The quantitative estimate of drug-likeness (QED) is 0.644. The Bertz CT molecular complexity index is 838. The normalized spacial score (nSPS) is 12.0. The molecule has 0 bridgehead atoms. The first-order valence-electron chi connectivity index (χ1n) is 8.38. The van der Waals surface area contributed by atoms with E-state index in [1.54, 1.807) is 49.4 Å². The van der Waals surface area contributed by atoms with Gasteiger partial charge >= 0.3 is 6.61 Å². The Morgan fingerprint density at radius 2 is 1.86 bits per heavy atom. The SMILES string of the molecule is CC(NC(=O)/C=C/c1ccc(OCC(N)=O)cc1)c1cccc(OC(F)F)c1. The molecule has 3 N–H and O–H groups in total. The van der Waals surface area contributed by atoms with Crippen molar-refractivity contribution in [1.82, 2.24) is 5.32 Å². The summed E-state index contributed by atoms with van der Waals surface area (Å²) >= 11 is 0. The lowest BCUT2D eigenvalue weighted by Crippen LogP contribution is -2.24. The Balaban J connectivity index is 1.91. The molecule has 2 aromatic carbocycles. The molecular weight excluding hydrogens is 370 g/mol. The first-order valence-corrected chi connectivity index (χ1v) is 8.38. The molecule has 8 heteroatoms. The fourth-order valence-corrected chi connectivity index (χ4v) is 2.31. The van der Waals surface area contributed by atoms with Crippen LogP contribution in [0.15, 0.2) is 54.6 Å². The summed E-state index contributed by atoms with van der Waals surface area (Å²) in [7, 11) is 0. The van der Waals surface area contributed by atoms with Crippen LogP contribution < -0.4 is 20.5 Å². The van der Waals surface area contributed by atoms with Crippen LogP contribution in [0.25, 0.3) is 6.08 Å². The van der Waals surface area contributed by atoms with E-state index in [4.69, 9.17) is 10.5 Å². The van der Waals surface area contributed by atoms with E-state index in [1.165, 1.54) is 18.2 Å². The van der Waals surface area contributed by atoms with Gasteiger partial charge in [0, 0.05) is 6.08 Å². The van der Waals surface area contributed by atoms with Gasteiger partial charge in [-0.2, -0.15) is 8.78 Å². The lowest BCUT2D eigenvalue weighted by molar-refractivity contribution is -0.120. The second-order valence-corrected chi connectivity index (χ2v) is 5.84. The molecule has 0 radical (unpaired) electrons. The maximum Gasteiger partial charge on any atom is 0.387 e. The van der Waals surface area contributed by atoms with Crippen LogP contribution in [0.5, 0.6) is 11.5 Å². The number of primary amides is 1. The summed E-state index contributed by atoms with van der Waals surface area (Å²) in [5.41, 5.74) is 6.39. The standard InChI is InChI=1S/C20H20F2N2O4/c1-13(15-3-2-4-17(11-15)28-20(21)22)24-19(26)10-7-14-5-8-16(9-6-14)27-12-18(23)25/h2-11,13,20H,12H2,1H3,(H2,23,25)(H,24,26)/b10-7+. The van der Waals surface area contributed by atoms with Gasteiger partial charge in [-0.1, -0.05) is 24.3 Å². The number of alkyl halides is 2. The zero-order valence-corrected chi connectivity index (χ0v) is 15.1. The molecule has 2 aromatic rings. The van der Waals surface area contributed by atoms with Gasteiger partial charge in [-0.25, -0.2) is 0 Å². The van der Waals surface area contributed by atoms with Gasteiger partial charge in [-0.05, 0) is 48.4 Å². The van der Waals surface area contributed by atoms with E-state index in [0.717, 1.165) is 5.56 Å². The molecule has 0 aromatic heterocycles. The number of halogens is 2. The van der Waals surface area contributed by atoms with Gasteiger partial charge in [-0.3, -0.25) is 9.59 Å². The second kappa shape index (κ2) is 10.1. The molecule has 1 atom stereocenters. The van der Waals surface area contributed by atoms with Crippen molar-refractivity contribution in [2.45, 2.75) is 19.6 Å². The van der Waals surface area contributed by atoms with Crippen molar-refractivity contribution in [3.8, 4) is 11.5 Å². The molecule has 6 nitrogen and oxygen atoms in total. The van der Waals surface area contributed by atoms with Crippen molar-refractivity contribution < 1.29 is 27.8 Å². The lowest BCUT2D eigenvalue weighted by Gasteiger charge is -2.14. The van der Waals surface area contributed by atoms with Crippen molar-refractivity contribution in [1.29, 1.82) is 0 Å². The van der Waals surface area contributed by atoms with Crippen LogP contribution in [-0.4, -0.2) is 25.0 Å². The number of rotatable bonds is 9. The van der Waals surface area contributed by atoms with Crippen molar-refractivity contribution in [3.05, 3.63) is 65.7 Å². The lowest BCUT2D eigenvalue weighted by atomic mass is 10.1. The number of hydrogen-bond donors (Lipinski definition) is 2. The van der Waals surface area contributed by atoms with Crippen molar-refractivity contribution in [2.24, 2.45) is 5.73 Å². The Morgan fingerprint density at radius 1 is 1.14 bits per heavy atom. The Hall–Kier alpha value is -3.42. The predicted molar refractivity (Wildman–Crippen MR) is 99.8 cm³/mol. The number of benzene rings is 2. The van der Waals surface area contributed by atoms with Gasteiger partial charge in [0.1, 0.15) is 11.5 Å². The van der Waals surface area contributed by atoms with E-state index in [9.17, 15) is 18.4 Å². The highest BCUT2D eigenvalue weighted by molar-refractivity contribution is 5.92. The maximum atomic E-state index is 12.3. The molecule has 0 aliphatic carbocycles. The minimum atomic E-state index is -2.91. The molecule has 28 heavy (non-hydrogen) atoms. The number of amides is 2. The third-order valence-electron chi connectivity index (χ3n) is 3.63. The summed E-state index contributed by atoms with van der Waals surface area (Å²) in [5.74, 6) is -0.398. The first-order chi connectivity index (χ1) is 13.3. The summed E-state index contributed by atoms with van der Waals surface area (Å²) < 4.78 is 34.1. The van der Waals surface area contributed by atoms with Gasteiger partial charge < -0.3 is 20.5 Å². The van der Waals surface area contributed by atoms with Gasteiger partial charge in [0.2, 0.25) is 5.91 Å². The monoisotopic (exact) mass is 390 g/mol. The van der Waals surface area contributed by atoms with E-state index in [1.807, 2.05) is 0 Å². The van der Waals surface area contributed by atoms with Gasteiger partial charge in [-0.15, -0.1) is 0 Å². The Kier molecular flexibility index (Phi) is 7.50. The minimum Gasteiger partial charge on any atom is -0.484 e. The number of carbonyl (C=O) groups excluding carboxylic acids is 2. The smallest absolute Gasteiger partial charge is 0.387 e. The topological polar surface area (TPSA) is 90.6 Å². The number of hydrogen-bond acceptors (Lipinski definition) is 4. The van der Waals surface area contributed by atoms with E-state index in [2.05, 4.69) is 10.1 Å². The van der Waals surface area contributed by atoms with Gasteiger partial charge in [0.05, 0.1) is 6.04 Å². The summed E-state index contributed by atoms with van der Waals surface area (Å²) in [6, 6.07) is 12.5. The molecule has 2 rings (SSSR count). The zero-order chi connectivity index (χ0) is 20.5. The Morgan fingerprint density at radius 3 is 2.50 bits per heavy atom. The average Bonchev–Trinajstić information content (AvgIpc) is 2.65. The first kappa shape index (κ1) is 20.9. The minimum absolute atomic E-state index is 0.0304. The summed E-state index contributed by atoms with van der Waals surface area (Å²) in [5, 5.41) is 2.75. The summed E-state index contributed by atoms with van der Waals surface area (Å²) in [4.78, 5) is 22.8. The summed E-state index contributed by atoms with van der Waals surface area (Å²) in [6.45, 7) is -1.38. The van der Waals surface area contributed by atoms with Crippen LogP contribution >= 0.6 is 0 Å². The molecule has 2 amide bonds. The molecule has 0 saturated heterocycles. The van der Waals surface area contributed by atoms with Crippen molar-refractivity contribution in [2.75, 3.05) is 6.61 Å². The van der Waals surface area contributed by atoms with E-state index < -0.39 is 18.6 Å². The zero-order valence-electron chi connectivity index (χ0n) is 15.1. The summed E-state index contributed by atoms with van der Waals surface area (Å²) in [6.07, 6.45) is 2.96. The molecule has 1 unspecified atom stereocenters. The van der Waals surface area contributed by atoms with Crippen LogP contribution in [0, 0.1) is 0 Å². The highest BCUT2D eigenvalue weighted by Crippen LogP contribution is 2.20. The maximum absolute atomic E-state index is 12.3. The molecule has 0 saturated carbocycles. The molecule has 0 fully saturated rings. The van der Waals surface area contributed by atoms with Crippen LogP contribution in [0.2, 0.25) is 0 Å².